The first-order valence-corrected chi connectivity index (χ1v) is 12.1. The quantitative estimate of drug-likeness (QED) is 0.258. The van der Waals surface area contributed by atoms with Crippen LogP contribution in [-0.4, -0.2) is 19.9 Å². The number of H-pyrrole nitrogens is 1. The summed E-state index contributed by atoms with van der Waals surface area (Å²) in [5.74, 6) is 1.02. The van der Waals surface area contributed by atoms with Gasteiger partial charge in [-0.25, -0.2) is 4.98 Å². The Hall–Kier alpha value is -2.25. The van der Waals surface area contributed by atoms with Crippen LogP contribution in [0.3, 0.4) is 0 Å². The molecule has 2 aromatic carbocycles. The molecule has 0 aliphatic heterocycles. The molecule has 0 amide bonds. The zero-order valence-electron chi connectivity index (χ0n) is 16.9. The number of nitrogens with one attached hydrogen (secondary N) is 1. The number of aromatic amines is 1. The van der Waals surface area contributed by atoms with E-state index in [1.807, 2.05) is 12.3 Å². The summed E-state index contributed by atoms with van der Waals surface area (Å²) in [4.78, 5) is 15.8. The second-order valence-corrected chi connectivity index (χ2v) is 8.73. The molecule has 0 radical (unpaired) electrons. The number of aryl methyl sites for hydroxylation is 1. The first-order valence-electron chi connectivity index (χ1n) is 10.6. The minimum atomic E-state index is 0.311. The average Bonchev–Trinajstić information content (AvgIpc) is 3.21. The number of aromatic nitrogens is 3. The van der Waals surface area contributed by atoms with Crippen molar-refractivity contribution in [3.63, 3.8) is 0 Å². The molecule has 0 bridgehead atoms. The molecule has 5 heteroatoms. The molecule has 0 spiro atoms. The fraction of sp³-hybridized carbons (Fsp3) is 0.280. The van der Waals surface area contributed by atoms with Gasteiger partial charge in [0.25, 0.3) is 0 Å². The second kappa shape index (κ2) is 8.86. The number of alkyl halides is 1. The number of para-hydroxylation sites is 2. The average molecular weight is 508 g/mol. The summed E-state index contributed by atoms with van der Waals surface area (Å²) in [5.41, 5.74) is 7.57. The number of nitrogens with zero attached hydrogens (tertiary/aromatic N) is 3. The number of pyridine rings is 1. The van der Waals surface area contributed by atoms with Gasteiger partial charge in [-0.3, -0.25) is 9.88 Å². The van der Waals surface area contributed by atoms with Crippen LogP contribution >= 0.6 is 22.6 Å². The molecule has 152 valence electrons. The topological polar surface area (TPSA) is 44.8 Å². The maximum atomic E-state index is 4.87. The molecule has 1 aliphatic rings. The molecule has 5 rings (SSSR count). The Morgan fingerprint density at radius 2 is 1.80 bits per heavy atom. The van der Waals surface area contributed by atoms with E-state index in [2.05, 4.69) is 87.1 Å². The molecule has 4 aromatic rings. The fourth-order valence-corrected chi connectivity index (χ4v) is 5.29. The van der Waals surface area contributed by atoms with Crippen LogP contribution in [0.25, 0.3) is 11.0 Å². The highest BCUT2D eigenvalue weighted by molar-refractivity contribution is 14.1. The van der Waals surface area contributed by atoms with Crippen LogP contribution in [0.2, 0.25) is 0 Å². The lowest BCUT2D eigenvalue weighted by molar-refractivity contribution is 0.153. The van der Waals surface area contributed by atoms with E-state index in [1.165, 1.54) is 28.8 Å². The Morgan fingerprint density at radius 3 is 2.67 bits per heavy atom. The van der Waals surface area contributed by atoms with Crippen molar-refractivity contribution in [2.24, 2.45) is 0 Å². The molecule has 1 atom stereocenters. The van der Waals surface area contributed by atoms with Gasteiger partial charge in [0.15, 0.2) is 0 Å². The summed E-state index contributed by atoms with van der Waals surface area (Å²) in [7, 11) is 0. The monoisotopic (exact) mass is 508 g/mol. The van der Waals surface area contributed by atoms with Crippen molar-refractivity contribution in [2.75, 3.05) is 0 Å². The summed E-state index contributed by atoms with van der Waals surface area (Å²) in [6.45, 7) is 1.68. The van der Waals surface area contributed by atoms with E-state index in [0.29, 0.717) is 6.04 Å². The van der Waals surface area contributed by atoms with E-state index in [-0.39, 0.29) is 0 Å². The lowest BCUT2D eigenvalue weighted by Crippen LogP contribution is -2.32. The number of halogens is 1. The van der Waals surface area contributed by atoms with Gasteiger partial charge in [-0.1, -0.05) is 65.1 Å². The number of hydrogen-bond donors (Lipinski definition) is 1. The number of imidazole rings is 1. The standard InChI is InChI=1S/C25H25IN4/c26-15-19-7-1-2-8-20(19)16-30(17-24-28-21-11-3-4-12-22(21)29-24)23-13-5-9-18-10-6-14-27-25(18)23/h1-4,6-8,10-12,14,23H,5,9,13,15-17H2,(H,28,29). The van der Waals surface area contributed by atoms with E-state index in [0.717, 1.165) is 47.2 Å². The van der Waals surface area contributed by atoms with Crippen LogP contribution in [0.1, 0.15) is 47.1 Å². The van der Waals surface area contributed by atoms with Crippen molar-refractivity contribution in [1.82, 2.24) is 19.9 Å². The first-order chi connectivity index (χ1) is 14.8. The SMILES string of the molecule is ICc1ccccc1CN(Cc1nc2ccccc2[nH]1)C1CCCc2cccnc21. The van der Waals surface area contributed by atoms with Crippen molar-refractivity contribution in [2.45, 2.75) is 42.8 Å². The fourth-order valence-electron chi connectivity index (χ4n) is 4.55. The Bertz CT molecular complexity index is 1120. The third-order valence-corrected chi connectivity index (χ3v) is 6.86. The van der Waals surface area contributed by atoms with Gasteiger partial charge >= 0.3 is 0 Å². The number of rotatable bonds is 6. The highest BCUT2D eigenvalue weighted by Gasteiger charge is 2.28. The van der Waals surface area contributed by atoms with Crippen molar-refractivity contribution in [1.29, 1.82) is 0 Å². The Kier molecular flexibility index (Phi) is 5.82. The number of benzene rings is 2. The van der Waals surface area contributed by atoms with Crippen molar-refractivity contribution < 1.29 is 0 Å². The minimum Gasteiger partial charge on any atom is -0.341 e. The highest BCUT2D eigenvalue weighted by atomic mass is 127. The van der Waals surface area contributed by atoms with Crippen molar-refractivity contribution in [3.05, 3.63) is 95.1 Å². The van der Waals surface area contributed by atoms with E-state index in [1.54, 1.807) is 0 Å². The van der Waals surface area contributed by atoms with E-state index in [4.69, 9.17) is 9.97 Å². The molecule has 1 aliphatic carbocycles. The van der Waals surface area contributed by atoms with Crippen LogP contribution < -0.4 is 0 Å². The second-order valence-electron chi connectivity index (χ2n) is 7.96. The molecule has 4 nitrogen and oxygen atoms in total. The van der Waals surface area contributed by atoms with Gasteiger partial charge in [0, 0.05) is 17.2 Å². The predicted octanol–water partition coefficient (Wildman–Crippen LogP) is 5.97. The van der Waals surface area contributed by atoms with Crippen molar-refractivity contribution >= 4 is 33.6 Å². The van der Waals surface area contributed by atoms with E-state index < -0.39 is 0 Å². The number of fused-ring (bicyclic) bond motifs is 2. The zero-order chi connectivity index (χ0) is 20.3. The Labute approximate surface area is 190 Å². The maximum Gasteiger partial charge on any atom is 0.121 e. The van der Waals surface area contributed by atoms with Crippen LogP contribution in [0.5, 0.6) is 0 Å². The molecule has 1 unspecified atom stereocenters. The van der Waals surface area contributed by atoms with Crippen molar-refractivity contribution in [3.8, 4) is 0 Å². The van der Waals surface area contributed by atoms with Gasteiger partial charge in [0.2, 0.25) is 0 Å². The molecule has 0 saturated heterocycles. The molecule has 0 saturated carbocycles. The third-order valence-electron chi connectivity index (χ3n) is 6.03. The van der Waals surface area contributed by atoms with Crippen LogP contribution in [0.4, 0.5) is 0 Å². The van der Waals surface area contributed by atoms with Gasteiger partial charge in [-0.15, -0.1) is 0 Å². The summed E-state index contributed by atoms with van der Waals surface area (Å²) in [6, 6.07) is 21.7. The molecule has 1 N–H and O–H groups in total. The van der Waals surface area contributed by atoms with Crippen LogP contribution in [0.15, 0.2) is 66.9 Å². The molecular formula is C25H25IN4. The Balaban J connectivity index is 1.52. The van der Waals surface area contributed by atoms with Gasteiger partial charge in [-0.2, -0.15) is 0 Å². The minimum absolute atomic E-state index is 0.311. The zero-order valence-corrected chi connectivity index (χ0v) is 19.0. The lowest BCUT2D eigenvalue weighted by Gasteiger charge is -2.35. The van der Waals surface area contributed by atoms with Gasteiger partial charge < -0.3 is 4.98 Å². The van der Waals surface area contributed by atoms with E-state index >= 15 is 0 Å². The highest BCUT2D eigenvalue weighted by Crippen LogP contribution is 2.35. The van der Waals surface area contributed by atoms with Gasteiger partial charge in [0.05, 0.1) is 29.3 Å². The van der Waals surface area contributed by atoms with Gasteiger partial charge in [0.1, 0.15) is 5.82 Å². The van der Waals surface area contributed by atoms with Crippen LogP contribution in [0, 0.1) is 0 Å². The lowest BCUT2D eigenvalue weighted by atomic mass is 9.90. The summed E-state index contributed by atoms with van der Waals surface area (Å²) in [5, 5.41) is 0. The van der Waals surface area contributed by atoms with E-state index in [9.17, 15) is 0 Å². The molecule has 2 heterocycles. The van der Waals surface area contributed by atoms with Gasteiger partial charge in [-0.05, 0) is 54.2 Å². The predicted molar refractivity (Wildman–Crippen MR) is 129 cm³/mol. The summed E-state index contributed by atoms with van der Waals surface area (Å²) < 4.78 is 1.02. The summed E-state index contributed by atoms with van der Waals surface area (Å²) in [6.07, 6.45) is 5.41. The number of hydrogen-bond acceptors (Lipinski definition) is 3. The third kappa shape index (κ3) is 4.01. The molecule has 30 heavy (non-hydrogen) atoms. The molecule has 0 fully saturated rings. The molecular weight excluding hydrogens is 483 g/mol. The normalized spacial score (nSPS) is 16.1. The van der Waals surface area contributed by atoms with Crippen LogP contribution in [-0.2, 0) is 23.9 Å². The first kappa shape index (κ1) is 19.7. The Morgan fingerprint density at radius 1 is 0.967 bits per heavy atom. The largest absolute Gasteiger partial charge is 0.341 e. The summed E-state index contributed by atoms with van der Waals surface area (Å²) >= 11 is 2.46. The smallest absolute Gasteiger partial charge is 0.121 e. The molecule has 2 aromatic heterocycles. The maximum absolute atomic E-state index is 4.87.